The first-order valence-electron chi connectivity index (χ1n) is 5.05. The van der Waals surface area contributed by atoms with Crippen molar-refractivity contribution in [3.8, 4) is 0 Å². The van der Waals surface area contributed by atoms with E-state index >= 15 is 0 Å². The van der Waals surface area contributed by atoms with Gasteiger partial charge in [0.2, 0.25) is 0 Å². The Morgan fingerprint density at radius 2 is 1.84 bits per heavy atom. The monoisotopic (exact) mass is 432 g/mol. The van der Waals surface area contributed by atoms with Crippen molar-refractivity contribution in [2.45, 2.75) is 11.6 Å². The summed E-state index contributed by atoms with van der Waals surface area (Å²) in [6.45, 7) is 0. The Morgan fingerprint density at radius 1 is 1.16 bits per heavy atom. The summed E-state index contributed by atoms with van der Waals surface area (Å²) in [6, 6.07) is 6.86. The molecule has 0 aliphatic heterocycles. The molecule has 0 spiro atoms. The van der Waals surface area contributed by atoms with Crippen LogP contribution in [0.1, 0.15) is 22.1 Å². The lowest BCUT2D eigenvalue weighted by atomic mass is 10.0. The first-order chi connectivity index (χ1) is 8.79. The highest BCUT2D eigenvalue weighted by molar-refractivity contribution is 9.12. The van der Waals surface area contributed by atoms with Crippen LogP contribution in [0.4, 0.5) is 13.2 Å². The predicted octanol–water partition coefficient (Wildman–Crippen LogP) is 6.62. The molecular formula is C12H6Br2ClF3S. The van der Waals surface area contributed by atoms with Crippen molar-refractivity contribution in [2.24, 2.45) is 0 Å². The molecule has 0 saturated heterocycles. The number of halogens is 6. The van der Waals surface area contributed by atoms with Crippen LogP contribution in [-0.2, 0) is 6.18 Å². The number of thiophene rings is 1. The van der Waals surface area contributed by atoms with Gasteiger partial charge in [-0.15, -0.1) is 22.9 Å². The van der Waals surface area contributed by atoms with E-state index in [0.29, 0.717) is 5.56 Å². The molecule has 1 aromatic heterocycles. The summed E-state index contributed by atoms with van der Waals surface area (Å²) >= 11 is 14.4. The van der Waals surface area contributed by atoms with Gasteiger partial charge in [-0.05, 0) is 55.6 Å². The van der Waals surface area contributed by atoms with Gasteiger partial charge in [-0.3, -0.25) is 0 Å². The molecule has 2 rings (SSSR count). The van der Waals surface area contributed by atoms with Crippen molar-refractivity contribution in [3.05, 3.63) is 54.6 Å². The molecule has 1 atom stereocenters. The number of hydrogen-bond acceptors (Lipinski definition) is 1. The van der Waals surface area contributed by atoms with Crippen molar-refractivity contribution in [2.75, 3.05) is 0 Å². The molecular weight excluding hydrogens is 428 g/mol. The Hall–Kier alpha value is -0.0400. The predicted molar refractivity (Wildman–Crippen MR) is 78.9 cm³/mol. The molecule has 0 amide bonds. The molecule has 0 N–H and O–H groups in total. The number of alkyl halides is 4. The lowest BCUT2D eigenvalue weighted by Crippen LogP contribution is -2.05. The Kier molecular flexibility index (Phi) is 4.65. The van der Waals surface area contributed by atoms with Crippen LogP contribution in [0.3, 0.4) is 0 Å². The maximum absolute atomic E-state index is 12.7. The number of rotatable bonds is 2. The van der Waals surface area contributed by atoms with Gasteiger partial charge in [0, 0.05) is 5.56 Å². The van der Waals surface area contributed by atoms with Gasteiger partial charge in [0.1, 0.15) is 0 Å². The summed E-state index contributed by atoms with van der Waals surface area (Å²) in [7, 11) is 0. The van der Waals surface area contributed by atoms with Gasteiger partial charge in [0.15, 0.2) is 0 Å². The van der Waals surface area contributed by atoms with Crippen LogP contribution in [0.15, 0.2) is 37.9 Å². The van der Waals surface area contributed by atoms with E-state index in [1.165, 1.54) is 17.4 Å². The molecule has 0 saturated carbocycles. The fourth-order valence-electron chi connectivity index (χ4n) is 1.58. The Morgan fingerprint density at radius 3 is 2.37 bits per heavy atom. The lowest BCUT2D eigenvalue weighted by molar-refractivity contribution is -0.137. The van der Waals surface area contributed by atoms with E-state index in [1.807, 2.05) is 0 Å². The van der Waals surface area contributed by atoms with E-state index in [9.17, 15) is 13.2 Å². The molecule has 1 unspecified atom stereocenters. The Labute approximate surface area is 133 Å². The fraction of sp³-hybridized carbons (Fsp3) is 0.167. The summed E-state index contributed by atoms with van der Waals surface area (Å²) < 4.78 is 39.6. The minimum atomic E-state index is -4.36. The summed E-state index contributed by atoms with van der Waals surface area (Å²) in [6.07, 6.45) is -4.36. The zero-order chi connectivity index (χ0) is 14.2. The zero-order valence-electron chi connectivity index (χ0n) is 9.14. The summed E-state index contributed by atoms with van der Waals surface area (Å²) in [5, 5.41) is -0.626. The third-order valence-corrected chi connectivity index (χ3v) is 5.34. The van der Waals surface area contributed by atoms with Gasteiger partial charge in [-0.25, -0.2) is 0 Å². The van der Waals surface area contributed by atoms with Crippen molar-refractivity contribution in [3.63, 3.8) is 0 Å². The number of benzene rings is 1. The van der Waals surface area contributed by atoms with Gasteiger partial charge in [-0.2, -0.15) is 13.2 Å². The molecule has 19 heavy (non-hydrogen) atoms. The fourth-order valence-corrected chi connectivity index (χ4v) is 4.98. The Bertz CT molecular complexity index is 595. The lowest BCUT2D eigenvalue weighted by Gasteiger charge is -2.12. The maximum atomic E-state index is 12.7. The smallest absolute Gasteiger partial charge is 0.166 e. The van der Waals surface area contributed by atoms with E-state index in [-0.39, 0.29) is 0 Å². The van der Waals surface area contributed by atoms with Crippen molar-refractivity contribution in [1.29, 1.82) is 0 Å². The average molecular weight is 435 g/mol. The van der Waals surface area contributed by atoms with Crippen LogP contribution in [0.2, 0.25) is 0 Å². The van der Waals surface area contributed by atoms with E-state index in [2.05, 4.69) is 31.9 Å². The first kappa shape index (κ1) is 15.4. The molecule has 0 bridgehead atoms. The van der Waals surface area contributed by atoms with Crippen LogP contribution >= 0.6 is 54.8 Å². The molecule has 2 aromatic rings. The molecule has 102 valence electrons. The zero-order valence-corrected chi connectivity index (χ0v) is 13.9. The van der Waals surface area contributed by atoms with Crippen molar-refractivity contribution < 1.29 is 13.2 Å². The Balaban J connectivity index is 2.39. The van der Waals surface area contributed by atoms with Crippen LogP contribution in [0.5, 0.6) is 0 Å². The van der Waals surface area contributed by atoms with Gasteiger partial charge < -0.3 is 0 Å². The van der Waals surface area contributed by atoms with Crippen molar-refractivity contribution >= 4 is 54.8 Å². The first-order valence-corrected chi connectivity index (χ1v) is 7.89. The number of hydrogen-bond donors (Lipinski definition) is 0. The van der Waals surface area contributed by atoms with Crippen LogP contribution in [0, 0.1) is 0 Å². The average Bonchev–Trinajstić information content (AvgIpc) is 2.66. The molecule has 0 radical (unpaired) electrons. The highest BCUT2D eigenvalue weighted by Gasteiger charge is 2.31. The summed E-state index contributed by atoms with van der Waals surface area (Å²) in [5.74, 6) is 0. The van der Waals surface area contributed by atoms with E-state index in [4.69, 9.17) is 11.6 Å². The third kappa shape index (κ3) is 3.54. The topological polar surface area (TPSA) is 0 Å². The molecule has 0 aliphatic rings. The standard InChI is InChI=1S/C12H6Br2ClF3S/c13-9-5-8(11(14)19-9)10(15)6-2-1-3-7(4-6)12(16,17)18/h1-5,10H. The van der Waals surface area contributed by atoms with E-state index in [1.54, 1.807) is 12.1 Å². The minimum absolute atomic E-state index is 0.419. The third-order valence-electron chi connectivity index (χ3n) is 2.46. The summed E-state index contributed by atoms with van der Waals surface area (Å²) in [5.41, 5.74) is 0.474. The van der Waals surface area contributed by atoms with E-state index < -0.39 is 17.1 Å². The molecule has 0 aliphatic carbocycles. The SMILES string of the molecule is FC(F)(F)c1cccc(C(Cl)c2cc(Br)sc2Br)c1. The molecule has 1 heterocycles. The molecule has 7 heteroatoms. The summed E-state index contributed by atoms with van der Waals surface area (Å²) in [4.78, 5) is 0. The van der Waals surface area contributed by atoms with Gasteiger partial charge in [-0.1, -0.05) is 12.1 Å². The second-order valence-corrected chi connectivity index (χ2v) is 7.95. The highest BCUT2D eigenvalue weighted by atomic mass is 79.9. The second kappa shape index (κ2) is 5.76. The van der Waals surface area contributed by atoms with Crippen LogP contribution < -0.4 is 0 Å². The van der Waals surface area contributed by atoms with Crippen LogP contribution in [0.25, 0.3) is 0 Å². The van der Waals surface area contributed by atoms with Gasteiger partial charge in [0.05, 0.1) is 18.5 Å². The van der Waals surface area contributed by atoms with Crippen molar-refractivity contribution in [1.82, 2.24) is 0 Å². The minimum Gasteiger partial charge on any atom is -0.166 e. The van der Waals surface area contributed by atoms with Crippen LogP contribution in [-0.4, -0.2) is 0 Å². The highest BCUT2D eigenvalue weighted by Crippen LogP contribution is 2.41. The molecule has 1 aromatic carbocycles. The second-order valence-electron chi connectivity index (χ2n) is 3.77. The van der Waals surface area contributed by atoms with Gasteiger partial charge in [0.25, 0.3) is 0 Å². The normalized spacial score (nSPS) is 13.6. The van der Waals surface area contributed by atoms with Gasteiger partial charge >= 0.3 is 6.18 Å². The maximum Gasteiger partial charge on any atom is 0.416 e. The quantitative estimate of drug-likeness (QED) is 0.466. The van der Waals surface area contributed by atoms with E-state index in [0.717, 1.165) is 25.3 Å². The largest absolute Gasteiger partial charge is 0.416 e. The molecule has 0 fully saturated rings. The molecule has 0 nitrogen and oxygen atoms in total.